The van der Waals surface area contributed by atoms with Gasteiger partial charge in [-0.05, 0) is 0 Å². The maximum Gasteiger partial charge on any atom is 3.00 e. The molecule has 0 amide bonds. The van der Waals surface area contributed by atoms with E-state index in [0.29, 0.717) is 0 Å². The molecule has 46 valence electrons. The molecular formula is C9H9La+2. The Kier molecular flexibility index (Phi) is 6.00. The minimum atomic E-state index is 0. The smallest absolute Gasteiger partial charge is 0.278 e. The Morgan fingerprint density at radius 2 is 1.80 bits per heavy atom. The summed E-state index contributed by atoms with van der Waals surface area (Å²) in [4.78, 5) is 0. The van der Waals surface area contributed by atoms with E-state index in [2.05, 4.69) is 18.2 Å². The molecule has 0 aliphatic rings. The van der Waals surface area contributed by atoms with Gasteiger partial charge in [-0.1, -0.05) is 18.2 Å². The first-order valence-corrected chi connectivity index (χ1v) is 2.99. The van der Waals surface area contributed by atoms with Crippen molar-refractivity contribution in [2.45, 2.75) is 6.92 Å². The van der Waals surface area contributed by atoms with Gasteiger partial charge in [0, 0.05) is 0 Å². The Bertz CT molecular complexity index is 189. The van der Waals surface area contributed by atoms with Crippen LogP contribution in [0.5, 0.6) is 0 Å². The van der Waals surface area contributed by atoms with Gasteiger partial charge < -0.3 is 0 Å². The predicted molar refractivity (Wildman–Crippen MR) is 39.8 cm³/mol. The third-order valence-electron chi connectivity index (χ3n) is 1.11. The van der Waals surface area contributed by atoms with Gasteiger partial charge in [0.2, 0.25) is 0 Å². The van der Waals surface area contributed by atoms with Crippen LogP contribution >= 0.6 is 0 Å². The second-order valence-corrected chi connectivity index (χ2v) is 1.84. The summed E-state index contributed by atoms with van der Waals surface area (Å²) in [6.45, 7) is 1.90. The molecule has 0 aliphatic heterocycles. The standard InChI is InChI=1S/C9H9.La/c1-2-6-9-7-4-3-5-8-9;/h3-8H,1H3;/q-1;+3. The first-order chi connectivity index (χ1) is 4.43. The fourth-order valence-corrected chi connectivity index (χ4v) is 0.716. The molecule has 0 atom stereocenters. The Labute approximate surface area is 89.9 Å². The monoisotopic (exact) mass is 256 g/mol. The molecule has 0 radical (unpaired) electrons. The van der Waals surface area contributed by atoms with Gasteiger partial charge in [0.1, 0.15) is 0 Å². The molecule has 0 saturated carbocycles. The number of benzene rings is 1. The summed E-state index contributed by atoms with van der Waals surface area (Å²) < 4.78 is 0. The molecule has 0 aromatic heterocycles. The zero-order chi connectivity index (χ0) is 6.53. The van der Waals surface area contributed by atoms with E-state index in [9.17, 15) is 0 Å². The van der Waals surface area contributed by atoms with Gasteiger partial charge in [0.05, 0.1) is 0 Å². The fourth-order valence-electron chi connectivity index (χ4n) is 0.716. The SMILES string of the molecule is C[C-]=Cc1ccccc1.[La+3]. The van der Waals surface area contributed by atoms with Crippen LogP contribution in [-0.4, -0.2) is 0 Å². The summed E-state index contributed by atoms with van der Waals surface area (Å²) in [5.41, 5.74) is 1.21. The number of hydrogen-bond acceptors (Lipinski definition) is 0. The van der Waals surface area contributed by atoms with Crippen LogP contribution in [0.2, 0.25) is 0 Å². The summed E-state index contributed by atoms with van der Waals surface area (Å²) in [6, 6.07) is 10.1. The van der Waals surface area contributed by atoms with E-state index >= 15 is 0 Å². The molecule has 0 bridgehead atoms. The van der Waals surface area contributed by atoms with Gasteiger partial charge in [-0.15, -0.1) is 19.1 Å². The zero-order valence-electron chi connectivity index (χ0n) is 6.04. The van der Waals surface area contributed by atoms with Crippen molar-refractivity contribution in [2.24, 2.45) is 0 Å². The Morgan fingerprint density at radius 3 is 2.30 bits per heavy atom. The molecule has 1 aromatic rings. The van der Waals surface area contributed by atoms with E-state index < -0.39 is 0 Å². The van der Waals surface area contributed by atoms with Gasteiger partial charge in [-0.25, -0.2) is 6.08 Å². The van der Waals surface area contributed by atoms with Crippen LogP contribution in [0.15, 0.2) is 30.3 Å². The van der Waals surface area contributed by atoms with Crippen LogP contribution in [0.4, 0.5) is 0 Å². The molecule has 0 heterocycles. The van der Waals surface area contributed by atoms with Gasteiger partial charge in [0.15, 0.2) is 0 Å². The summed E-state index contributed by atoms with van der Waals surface area (Å²) >= 11 is 0. The number of allylic oxidation sites excluding steroid dienone is 1. The summed E-state index contributed by atoms with van der Waals surface area (Å²) in [6.07, 6.45) is 4.92. The van der Waals surface area contributed by atoms with Crippen LogP contribution in [0.25, 0.3) is 6.08 Å². The molecule has 10 heavy (non-hydrogen) atoms. The summed E-state index contributed by atoms with van der Waals surface area (Å²) in [5, 5.41) is 0. The van der Waals surface area contributed by atoms with E-state index in [-0.39, 0.29) is 35.6 Å². The molecule has 0 N–H and O–H groups in total. The third kappa shape index (κ3) is 3.35. The summed E-state index contributed by atoms with van der Waals surface area (Å²) in [7, 11) is 0. The van der Waals surface area contributed by atoms with Crippen LogP contribution in [-0.2, 0) is 0 Å². The second-order valence-electron chi connectivity index (χ2n) is 1.84. The summed E-state index contributed by atoms with van der Waals surface area (Å²) in [5.74, 6) is 0. The average Bonchev–Trinajstić information content (AvgIpc) is 1.91. The molecule has 1 rings (SSSR count). The molecule has 0 aliphatic carbocycles. The molecule has 0 nitrogen and oxygen atoms in total. The minimum Gasteiger partial charge on any atom is -0.278 e. The van der Waals surface area contributed by atoms with E-state index in [0.717, 1.165) is 0 Å². The van der Waals surface area contributed by atoms with E-state index in [1.54, 1.807) is 0 Å². The first-order valence-electron chi connectivity index (χ1n) is 2.99. The number of rotatable bonds is 1. The molecule has 0 spiro atoms. The van der Waals surface area contributed by atoms with Gasteiger partial charge in [-0.3, -0.25) is 6.08 Å². The van der Waals surface area contributed by atoms with Crippen molar-refractivity contribution in [3.63, 3.8) is 0 Å². The quantitative estimate of drug-likeness (QED) is 0.677. The maximum absolute atomic E-state index is 2.96. The van der Waals surface area contributed by atoms with E-state index in [1.165, 1.54) is 5.56 Å². The zero-order valence-corrected chi connectivity index (χ0v) is 9.67. The van der Waals surface area contributed by atoms with Crippen LogP contribution < -0.4 is 0 Å². The minimum absolute atomic E-state index is 0. The average molecular weight is 256 g/mol. The molecule has 0 fully saturated rings. The normalized spacial score (nSPS) is 9.30. The van der Waals surface area contributed by atoms with Crippen LogP contribution in [0, 0.1) is 41.7 Å². The van der Waals surface area contributed by atoms with Crippen molar-refractivity contribution >= 4 is 6.08 Å². The molecule has 0 saturated heterocycles. The van der Waals surface area contributed by atoms with Gasteiger partial charge in [-0.2, -0.15) is 5.56 Å². The fraction of sp³-hybridized carbons (Fsp3) is 0.111. The van der Waals surface area contributed by atoms with Crippen LogP contribution in [0.1, 0.15) is 12.5 Å². The van der Waals surface area contributed by atoms with E-state index in [4.69, 9.17) is 0 Å². The van der Waals surface area contributed by atoms with E-state index in [1.807, 2.05) is 31.2 Å². The second kappa shape index (κ2) is 5.90. The van der Waals surface area contributed by atoms with Crippen molar-refractivity contribution in [3.8, 4) is 0 Å². The third-order valence-corrected chi connectivity index (χ3v) is 1.11. The van der Waals surface area contributed by atoms with Crippen molar-refractivity contribution in [2.75, 3.05) is 0 Å². The largest absolute Gasteiger partial charge is 3.00 e. The van der Waals surface area contributed by atoms with Gasteiger partial charge in [0.25, 0.3) is 0 Å². The molecular weight excluding hydrogens is 247 g/mol. The molecule has 1 aromatic carbocycles. The van der Waals surface area contributed by atoms with Crippen LogP contribution in [0.3, 0.4) is 0 Å². The number of hydrogen-bond donors (Lipinski definition) is 0. The Hall–Kier alpha value is 0.155. The first kappa shape index (κ1) is 10.2. The molecule has 0 unspecified atom stereocenters. The van der Waals surface area contributed by atoms with Crippen molar-refractivity contribution in [1.29, 1.82) is 0 Å². The predicted octanol–water partition coefficient (Wildman–Crippen LogP) is 2.52. The van der Waals surface area contributed by atoms with Gasteiger partial charge >= 0.3 is 35.6 Å². The topological polar surface area (TPSA) is 0 Å². The van der Waals surface area contributed by atoms with Crippen molar-refractivity contribution < 1.29 is 35.6 Å². The molecule has 1 heteroatoms. The van der Waals surface area contributed by atoms with Crippen molar-refractivity contribution in [1.82, 2.24) is 0 Å². The Balaban J connectivity index is 0.000000810. The van der Waals surface area contributed by atoms with Crippen molar-refractivity contribution in [3.05, 3.63) is 42.0 Å². The Morgan fingerprint density at radius 1 is 1.20 bits per heavy atom. The maximum atomic E-state index is 2.96.